The molecule has 3 heterocycles. The van der Waals surface area contributed by atoms with Crippen LogP contribution in [0, 0.1) is 6.92 Å². The first-order valence-electron chi connectivity index (χ1n) is 8.52. The number of rotatable bonds is 4. The van der Waals surface area contributed by atoms with Gasteiger partial charge in [-0.3, -0.25) is 14.5 Å². The third-order valence-electron chi connectivity index (χ3n) is 4.28. The maximum absolute atomic E-state index is 13.2. The van der Waals surface area contributed by atoms with Gasteiger partial charge >= 0.3 is 0 Å². The number of hydrogen-bond donors (Lipinski definition) is 0. The second-order valence-corrected chi connectivity index (χ2v) is 7.67. The fraction of sp³-hybridized carbons (Fsp3) is 0.0952. The molecule has 0 atom stereocenters. The monoisotopic (exact) mass is 410 g/mol. The first-order valence-corrected chi connectivity index (χ1v) is 9.78. The van der Waals surface area contributed by atoms with Crippen molar-refractivity contribution in [2.45, 2.75) is 13.5 Å². The average Bonchev–Trinajstić information content (AvgIpc) is 3.21. The van der Waals surface area contributed by atoms with Crippen LogP contribution in [0.25, 0.3) is 11.0 Å². The highest BCUT2D eigenvalue weighted by atomic mass is 35.5. The number of hydrogen-bond acceptors (Lipinski definition) is 5. The summed E-state index contributed by atoms with van der Waals surface area (Å²) in [4.78, 5) is 32.6. The standard InChI is InChI=1S/C21H15ClN2O3S/c1-13-9-15-17(25)11-19(27-18(15)10-16(13)22)21(26)24(12-14-5-4-8-28-14)20-6-2-3-7-23-20/h2-11H,12H2,1H3. The predicted octanol–water partition coefficient (Wildman–Crippen LogP) is 5.06. The Morgan fingerprint density at radius 3 is 2.79 bits per heavy atom. The van der Waals surface area contributed by atoms with E-state index in [0.717, 1.165) is 10.4 Å². The maximum atomic E-state index is 13.2. The summed E-state index contributed by atoms with van der Waals surface area (Å²) in [6.07, 6.45) is 1.61. The highest BCUT2D eigenvalue weighted by molar-refractivity contribution is 7.09. The van der Waals surface area contributed by atoms with Crippen LogP contribution >= 0.6 is 22.9 Å². The minimum Gasteiger partial charge on any atom is -0.451 e. The fourth-order valence-corrected chi connectivity index (χ4v) is 3.70. The van der Waals surface area contributed by atoms with Crippen LogP contribution in [0.5, 0.6) is 0 Å². The Hall–Kier alpha value is -2.96. The summed E-state index contributed by atoms with van der Waals surface area (Å²) in [6, 6.07) is 13.6. The molecule has 0 aliphatic carbocycles. The largest absolute Gasteiger partial charge is 0.451 e. The Labute approximate surface area is 169 Å². The number of fused-ring (bicyclic) bond motifs is 1. The van der Waals surface area contributed by atoms with Gasteiger partial charge in [0.25, 0.3) is 5.91 Å². The lowest BCUT2D eigenvalue weighted by atomic mass is 10.1. The average molecular weight is 411 g/mol. The Kier molecular flexibility index (Phi) is 4.98. The second kappa shape index (κ2) is 7.58. The molecule has 0 saturated heterocycles. The van der Waals surface area contributed by atoms with Crippen molar-refractivity contribution in [3.63, 3.8) is 0 Å². The molecule has 4 rings (SSSR count). The highest BCUT2D eigenvalue weighted by Gasteiger charge is 2.23. The summed E-state index contributed by atoms with van der Waals surface area (Å²) in [6.45, 7) is 2.13. The molecule has 0 N–H and O–H groups in total. The quantitative estimate of drug-likeness (QED) is 0.471. The topological polar surface area (TPSA) is 63.4 Å². The Morgan fingerprint density at radius 2 is 2.07 bits per heavy atom. The molecule has 0 spiro atoms. The highest BCUT2D eigenvalue weighted by Crippen LogP contribution is 2.24. The molecule has 7 heteroatoms. The first-order chi connectivity index (χ1) is 13.5. The molecule has 0 radical (unpaired) electrons. The lowest BCUT2D eigenvalue weighted by Gasteiger charge is -2.20. The van der Waals surface area contributed by atoms with E-state index in [2.05, 4.69) is 4.98 Å². The van der Waals surface area contributed by atoms with Crippen LogP contribution in [0.1, 0.15) is 21.0 Å². The number of aryl methyl sites for hydroxylation is 1. The molecule has 0 fully saturated rings. The van der Waals surface area contributed by atoms with Crippen LogP contribution in [-0.4, -0.2) is 10.9 Å². The van der Waals surface area contributed by atoms with Gasteiger partial charge in [-0.25, -0.2) is 4.98 Å². The summed E-state index contributed by atoms with van der Waals surface area (Å²) < 4.78 is 5.76. The van der Waals surface area contributed by atoms with Crippen LogP contribution in [0.15, 0.2) is 69.3 Å². The fourth-order valence-electron chi connectivity index (χ4n) is 2.85. The number of benzene rings is 1. The lowest BCUT2D eigenvalue weighted by molar-refractivity contribution is 0.0958. The van der Waals surface area contributed by atoms with Gasteiger partial charge in [-0.05, 0) is 42.1 Å². The van der Waals surface area contributed by atoms with Crippen LogP contribution < -0.4 is 10.3 Å². The third-order valence-corrected chi connectivity index (χ3v) is 5.55. The van der Waals surface area contributed by atoms with Gasteiger partial charge in [0.05, 0.1) is 11.9 Å². The second-order valence-electron chi connectivity index (χ2n) is 6.23. The van der Waals surface area contributed by atoms with Crippen molar-refractivity contribution >= 4 is 45.6 Å². The van der Waals surface area contributed by atoms with Gasteiger partial charge in [-0.1, -0.05) is 23.7 Å². The van der Waals surface area contributed by atoms with Gasteiger partial charge in [-0.15, -0.1) is 11.3 Å². The van der Waals surface area contributed by atoms with Crippen LogP contribution in [0.4, 0.5) is 5.82 Å². The maximum Gasteiger partial charge on any atom is 0.295 e. The molecule has 28 heavy (non-hydrogen) atoms. The smallest absolute Gasteiger partial charge is 0.295 e. The van der Waals surface area contributed by atoms with E-state index in [0.29, 0.717) is 22.8 Å². The van der Waals surface area contributed by atoms with E-state index in [1.54, 1.807) is 36.5 Å². The number of aromatic nitrogens is 1. The molecule has 1 amide bonds. The van der Waals surface area contributed by atoms with Crippen LogP contribution in [0.2, 0.25) is 5.02 Å². The summed E-state index contributed by atoms with van der Waals surface area (Å²) in [7, 11) is 0. The van der Waals surface area contributed by atoms with Gasteiger partial charge in [0, 0.05) is 28.2 Å². The minimum atomic E-state index is -0.442. The van der Waals surface area contributed by atoms with Crippen molar-refractivity contribution in [2.24, 2.45) is 0 Å². The Bertz CT molecular complexity index is 1200. The van der Waals surface area contributed by atoms with Gasteiger partial charge in [0.1, 0.15) is 11.4 Å². The summed E-state index contributed by atoms with van der Waals surface area (Å²) in [5.74, 6) is -0.0204. The molecule has 0 saturated carbocycles. The van der Waals surface area contributed by atoms with Crippen LogP contribution in [0.3, 0.4) is 0 Å². The van der Waals surface area contributed by atoms with E-state index in [4.69, 9.17) is 16.0 Å². The lowest BCUT2D eigenvalue weighted by Crippen LogP contribution is -2.31. The molecular formula is C21H15ClN2O3S. The number of nitrogens with zero attached hydrogens (tertiary/aromatic N) is 2. The van der Waals surface area contributed by atoms with Crippen molar-refractivity contribution in [2.75, 3.05) is 4.90 Å². The van der Waals surface area contributed by atoms with Crippen LogP contribution in [-0.2, 0) is 6.54 Å². The zero-order valence-corrected chi connectivity index (χ0v) is 16.5. The number of carbonyl (C=O) groups is 1. The summed E-state index contributed by atoms with van der Waals surface area (Å²) in [5.41, 5.74) is 0.762. The number of thiophene rings is 1. The molecule has 3 aromatic heterocycles. The van der Waals surface area contributed by atoms with E-state index in [9.17, 15) is 9.59 Å². The number of halogens is 1. The van der Waals surface area contributed by atoms with Gasteiger partial charge in [0.2, 0.25) is 0 Å². The van der Waals surface area contributed by atoms with Gasteiger partial charge in [0.15, 0.2) is 11.2 Å². The molecule has 1 aromatic carbocycles. The molecule has 4 aromatic rings. The molecular weight excluding hydrogens is 396 g/mol. The Balaban J connectivity index is 1.80. The number of amides is 1. The van der Waals surface area contributed by atoms with Crippen molar-refractivity contribution in [1.29, 1.82) is 0 Å². The number of pyridine rings is 1. The predicted molar refractivity (Wildman–Crippen MR) is 111 cm³/mol. The van der Waals surface area contributed by atoms with Crippen molar-refractivity contribution < 1.29 is 9.21 Å². The normalized spacial score (nSPS) is 10.9. The van der Waals surface area contributed by atoms with Crippen molar-refractivity contribution in [1.82, 2.24) is 4.98 Å². The van der Waals surface area contributed by atoms with E-state index in [-0.39, 0.29) is 16.8 Å². The first kappa shape index (κ1) is 18.4. The molecule has 0 bridgehead atoms. The Morgan fingerprint density at radius 1 is 1.21 bits per heavy atom. The third kappa shape index (κ3) is 3.56. The van der Waals surface area contributed by atoms with Crippen molar-refractivity contribution in [3.05, 3.63) is 91.6 Å². The van der Waals surface area contributed by atoms with E-state index in [1.807, 2.05) is 24.4 Å². The summed E-state index contributed by atoms with van der Waals surface area (Å²) >= 11 is 7.70. The van der Waals surface area contributed by atoms with E-state index in [1.165, 1.54) is 22.3 Å². The van der Waals surface area contributed by atoms with E-state index < -0.39 is 5.91 Å². The van der Waals surface area contributed by atoms with Gasteiger partial charge in [-0.2, -0.15) is 0 Å². The number of carbonyl (C=O) groups excluding carboxylic acids is 1. The zero-order valence-electron chi connectivity index (χ0n) is 14.9. The molecule has 0 aliphatic heterocycles. The van der Waals surface area contributed by atoms with E-state index >= 15 is 0 Å². The zero-order chi connectivity index (χ0) is 19.7. The summed E-state index contributed by atoms with van der Waals surface area (Å²) in [5, 5.41) is 2.80. The number of anilines is 1. The van der Waals surface area contributed by atoms with Gasteiger partial charge < -0.3 is 4.42 Å². The molecule has 140 valence electrons. The molecule has 5 nitrogen and oxygen atoms in total. The molecule has 0 aliphatic rings. The van der Waals surface area contributed by atoms with Crippen molar-refractivity contribution in [3.8, 4) is 0 Å². The minimum absolute atomic E-state index is 0.0559. The molecule has 0 unspecified atom stereocenters. The SMILES string of the molecule is Cc1cc2c(=O)cc(C(=O)N(Cc3cccs3)c3ccccn3)oc2cc1Cl.